The Morgan fingerprint density at radius 3 is 2.44 bits per heavy atom. The van der Waals surface area contributed by atoms with Gasteiger partial charge >= 0.3 is 5.97 Å². The number of rotatable bonds is 4. The van der Waals surface area contributed by atoms with Gasteiger partial charge in [0.05, 0.1) is 18.4 Å². The molecule has 0 spiro atoms. The molecule has 0 aromatic heterocycles. The number of likely N-dealkylation sites (tertiary alicyclic amines) is 1. The largest absolute Gasteiger partial charge is 0.465 e. The van der Waals surface area contributed by atoms with Crippen molar-refractivity contribution >= 4 is 29.4 Å². The molecule has 0 aliphatic carbocycles. The molecule has 2 heterocycles. The second kappa shape index (κ2) is 6.42. The zero-order chi connectivity index (χ0) is 18.4. The van der Waals surface area contributed by atoms with Crippen molar-refractivity contribution in [3.05, 3.63) is 34.9 Å². The van der Waals surface area contributed by atoms with Crippen LogP contribution in [0.15, 0.2) is 24.3 Å². The molecule has 2 saturated heterocycles. The minimum absolute atomic E-state index is 0.212. The number of nitrogens with zero attached hydrogens (tertiary/aromatic N) is 1. The molecule has 1 N–H and O–H groups in total. The highest BCUT2D eigenvalue weighted by atomic mass is 35.5. The number of carbonyl (C=O) groups excluding carboxylic acids is 3. The molecule has 0 radical (unpaired) electrons. The van der Waals surface area contributed by atoms with Gasteiger partial charge < -0.3 is 4.74 Å². The molecule has 2 aliphatic rings. The summed E-state index contributed by atoms with van der Waals surface area (Å²) in [7, 11) is 1.47. The molecule has 6 nitrogen and oxygen atoms in total. The average Bonchev–Trinajstić information content (AvgIpc) is 3.06. The van der Waals surface area contributed by atoms with E-state index >= 15 is 0 Å². The van der Waals surface area contributed by atoms with Gasteiger partial charge in [-0.2, -0.15) is 0 Å². The van der Waals surface area contributed by atoms with Crippen LogP contribution in [0.4, 0.5) is 0 Å². The fraction of sp³-hybridized carbons (Fsp3) is 0.500. The molecular weight excluding hydrogens is 344 g/mol. The van der Waals surface area contributed by atoms with E-state index in [9.17, 15) is 14.4 Å². The first kappa shape index (κ1) is 17.9. The Bertz CT molecular complexity index is 720. The predicted octanol–water partition coefficient (Wildman–Crippen LogP) is 1.93. The second-order valence-electron chi connectivity index (χ2n) is 6.46. The number of imide groups is 1. The lowest BCUT2D eigenvalue weighted by molar-refractivity contribution is -0.156. The van der Waals surface area contributed by atoms with Crippen LogP contribution in [0.5, 0.6) is 0 Å². The first-order valence-electron chi connectivity index (χ1n) is 8.39. The van der Waals surface area contributed by atoms with Gasteiger partial charge in [0, 0.05) is 18.1 Å². The normalized spacial score (nSPS) is 31.4. The van der Waals surface area contributed by atoms with Crippen LogP contribution >= 0.6 is 11.6 Å². The molecule has 1 aromatic carbocycles. The summed E-state index contributed by atoms with van der Waals surface area (Å²) in [6, 6.07) is 6.63. The van der Waals surface area contributed by atoms with E-state index in [0.717, 1.165) is 10.5 Å². The minimum atomic E-state index is -1.21. The molecule has 1 aromatic rings. The molecule has 7 heteroatoms. The lowest BCUT2D eigenvalue weighted by Crippen LogP contribution is -2.55. The molecule has 3 rings (SSSR count). The van der Waals surface area contributed by atoms with E-state index in [1.807, 2.05) is 19.1 Å². The minimum Gasteiger partial charge on any atom is -0.465 e. The molecule has 2 aliphatic heterocycles. The quantitative estimate of drug-likeness (QED) is 0.652. The van der Waals surface area contributed by atoms with Gasteiger partial charge in [-0.15, -0.1) is 0 Å². The number of esters is 1. The zero-order valence-electron chi connectivity index (χ0n) is 14.4. The third kappa shape index (κ3) is 2.55. The van der Waals surface area contributed by atoms with Crippen LogP contribution < -0.4 is 5.32 Å². The molecule has 134 valence electrons. The summed E-state index contributed by atoms with van der Waals surface area (Å²) in [5.41, 5.74) is -0.391. The van der Waals surface area contributed by atoms with Crippen molar-refractivity contribution in [2.75, 3.05) is 13.7 Å². The van der Waals surface area contributed by atoms with E-state index in [-0.39, 0.29) is 18.4 Å². The number of hydrogen-bond acceptors (Lipinski definition) is 5. The number of fused-ring (bicyclic) bond motifs is 1. The topological polar surface area (TPSA) is 75.7 Å². The van der Waals surface area contributed by atoms with Crippen molar-refractivity contribution < 1.29 is 19.1 Å². The van der Waals surface area contributed by atoms with Gasteiger partial charge in [0.25, 0.3) is 0 Å². The van der Waals surface area contributed by atoms with Crippen LogP contribution in [0.25, 0.3) is 0 Å². The number of nitrogens with one attached hydrogen (secondary N) is 1. The summed E-state index contributed by atoms with van der Waals surface area (Å²) in [6.07, 6.45) is 0.351. The standard InChI is InChI=1S/C18H21ClN2O4/c1-4-18(17(24)25-5-2)13-12(15(22)21(3)16(13)23)14(20-18)10-6-8-11(19)9-7-10/h6-9,12-14,20H,4-5H2,1-3H3/t12-,13+,14-,18-/m1/s1. The fourth-order valence-corrected chi connectivity index (χ4v) is 4.15. The Morgan fingerprint density at radius 2 is 1.88 bits per heavy atom. The first-order chi connectivity index (χ1) is 11.9. The van der Waals surface area contributed by atoms with Gasteiger partial charge in [0.1, 0.15) is 5.54 Å². The van der Waals surface area contributed by atoms with E-state index in [0.29, 0.717) is 11.4 Å². The zero-order valence-corrected chi connectivity index (χ0v) is 15.2. The Hall–Kier alpha value is -1.92. The lowest BCUT2D eigenvalue weighted by Gasteiger charge is -2.31. The third-order valence-electron chi connectivity index (χ3n) is 5.30. The first-order valence-corrected chi connectivity index (χ1v) is 8.77. The molecule has 0 saturated carbocycles. The summed E-state index contributed by atoms with van der Waals surface area (Å²) in [5.74, 6) is -2.51. The van der Waals surface area contributed by atoms with Crippen LogP contribution in [0.2, 0.25) is 5.02 Å². The van der Waals surface area contributed by atoms with Gasteiger partial charge in [0.15, 0.2) is 0 Å². The molecular formula is C18H21ClN2O4. The van der Waals surface area contributed by atoms with Crippen molar-refractivity contribution in [3.63, 3.8) is 0 Å². The highest BCUT2D eigenvalue weighted by molar-refractivity contribution is 6.30. The fourth-order valence-electron chi connectivity index (χ4n) is 4.02. The monoisotopic (exact) mass is 364 g/mol. The van der Waals surface area contributed by atoms with Gasteiger partial charge in [0.2, 0.25) is 11.8 Å². The maximum atomic E-state index is 12.7. The summed E-state index contributed by atoms with van der Waals surface area (Å²) in [5, 5.41) is 3.85. The van der Waals surface area contributed by atoms with Gasteiger partial charge in [-0.1, -0.05) is 30.7 Å². The van der Waals surface area contributed by atoms with Crippen LogP contribution in [0, 0.1) is 11.8 Å². The van der Waals surface area contributed by atoms with Crippen molar-refractivity contribution in [2.24, 2.45) is 11.8 Å². The van der Waals surface area contributed by atoms with Crippen LogP contribution in [-0.4, -0.2) is 41.9 Å². The number of hydrogen-bond donors (Lipinski definition) is 1. The molecule has 2 fully saturated rings. The van der Waals surface area contributed by atoms with Gasteiger partial charge in [-0.3, -0.25) is 24.6 Å². The Labute approximate surface area is 151 Å². The Morgan fingerprint density at radius 1 is 1.24 bits per heavy atom. The highest BCUT2D eigenvalue weighted by Crippen LogP contribution is 2.50. The van der Waals surface area contributed by atoms with Crippen LogP contribution in [0.1, 0.15) is 31.9 Å². The number of halogens is 1. The lowest BCUT2D eigenvalue weighted by atomic mass is 9.78. The molecule has 0 bridgehead atoms. The smallest absolute Gasteiger partial charge is 0.327 e. The van der Waals surface area contributed by atoms with Crippen LogP contribution in [-0.2, 0) is 19.1 Å². The molecule has 2 amide bonds. The van der Waals surface area contributed by atoms with E-state index < -0.39 is 29.4 Å². The van der Waals surface area contributed by atoms with Crippen molar-refractivity contribution in [1.82, 2.24) is 10.2 Å². The van der Waals surface area contributed by atoms with Crippen molar-refractivity contribution in [2.45, 2.75) is 31.8 Å². The molecule has 25 heavy (non-hydrogen) atoms. The summed E-state index contributed by atoms with van der Waals surface area (Å²) >= 11 is 5.96. The Kier molecular flexibility index (Phi) is 4.60. The molecule has 0 unspecified atom stereocenters. The van der Waals surface area contributed by atoms with Crippen LogP contribution in [0.3, 0.4) is 0 Å². The van der Waals surface area contributed by atoms with Crippen molar-refractivity contribution in [3.8, 4) is 0 Å². The van der Waals surface area contributed by atoms with Gasteiger partial charge in [-0.05, 0) is 31.0 Å². The molecule has 4 atom stereocenters. The second-order valence-corrected chi connectivity index (χ2v) is 6.89. The highest BCUT2D eigenvalue weighted by Gasteiger charge is 2.67. The summed E-state index contributed by atoms with van der Waals surface area (Å²) in [4.78, 5) is 39.3. The Balaban J connectivity index is 2.10. The number of carbonyl (C=O) groups is 3. The summed E-state index contributed by atoms with van der Waals surface area (Å²) in [6.45, 7) is 3.75. The van der Waals surface area contributed by atoms with E-state index in [1.54, 1.807) is 19.1 Å². The predicted molar refractivity (Wildman–Crippen MR) is 91.7 cm³/mol. The SMILES string of the molecule is CCOC(=O)[C@]1(CC)N[C@H](c2ccc(Cl)cc2)[C@@H]2C(=O)N(C)C(=O)[C@H]21. The average molecular weight is 365 g/mol. The van der Waals surface area contributed by atoms with Gasteiger partial charge in [-0.25, -0.2) is 0 Å². The maximum Gasteiger partial charge on any atom is 0.327 e. The third-order valence-corrected chi connectivity index (χ3v) is 5.55. The van der Waals surface area contributed by atoms with E-state index in [1.165, 1.54) is 7.05 Å². The number of benzene rings is 1. The van der Waals surface area contributed by atoms with Crippen molar-refractivity contribution in [1.29, 1.82) is 0 Å². The number of ether oxygens (including phenoxy) is 1. The number of amides is 2. The van der Waals surface area contributed by atoms with E-state index in [4.69, 9.17) is 16.3 Å². The van der Waals surface area contributed by atoms with E-state index in [2.05, 4.69) is 5.32 Å². The maximum absolute atomic E-state index is 12.7. The summed E-state index contributed by atoms with van der Waals surface area (Å²) < 4.78 is 5.25.